The molecule has 2 heterocycles. The van der Waals surface area contributed by atoms with E-state index in [1.54, 1.807) is 12.1 Å². The van der Waals surface area contributed by atoms with Gasteiger partial charge in [-0.3, -0.25) is 0 Å². The number of carboxylic acids is 1. The summed E-state index contributed by atoms with van der Waals surface area (Å²) in [6, 6.07) is 17.0. The molecule has 0 spiro atoms. The highest BCUT2D eigenvalue weighted by atomic mass is 35.5. The van der Waals surface area contributed by atoms with Crippen molar-refractivity contribution in [2.24, 2.45) is 0 Å². The van der Waals surface area contributed by atoms with E-state index in [1.807, 2.05) is 42.5 Å². The molecule has 0 fully saturated rings. The van der Waals surface area contributed by atoms with E-state index in [9.17, 15) is 18.0 Å². The van der Waals surface area contributed by atoms with Crippen LogP contribution in [0.5, 0.6) is 6.08 Å². The number of halogens is 4. The van der Waals surface area contributed by atoms with E-state index in [2.05, 4.69) is 15.4 Å². The first kappa shape index (κ1) is 24.6. The third kappa shape index (κ3) is 6.04. The molecule has 2 N–H and O–H groups in total. The van der Waals surface area contributed by atoms with Crippen molar-refractivity contribution in [2.75, 3.05) is 12.4 Å². The molecule has 4 rings (SSSR count). The number of carbonyl (C=O) groups is 1. The number of aliphatic carboxylic acids is 1. The monoisotopic (exact) mass is 496 g/mol. The number of alkyl halides is 3. The van der Waals surface area contributed by atoms with Gasteiger partial charge in [0.1, 0.15) is 5.15 Å². The Kier molecular flexibility index (Phi) is 7.41. The van der Waals surface area contributed by atoms with Gasteiger partial charge in [-0.25, -0.2) is 14.6 Å². The van der Waals surface area contributed by atoms with Crippen molar-refractivity contribution in [3.8, 4) is 11.8 Å². The molecule has 0 radical (unpaired) electrons. The van der Waals surface area contributed by atoms with Crippen LogP contribution in [-0.4, -0.2) is 39.1 Å². The van der Waals surface area contributed by atoms with Crippen LogP contribution >= 0.6 is 11.6 Å². The number of hydrogen-bond donors (Lipinski definition) is 2. The Labute approximate surface area is 194 Å². The molecule has 34 heavy (non-hydrogen) atoms. The van der Waals surface area contributed by atoms with Gasteiger partial charge >= 0.3 is 24.0 Å². The van der Waals surface area contributed by atoms with E-state index >= 15 is 0 Å². The highest BCUT2D eigenvalue weighted by molar-refractivity contribution is 6.30. The molecule has 4 aromatic rings. The largest absolute Gasteiger partial charge is 0.490 e. The summed E-state index contributed by atoms with van der Waals surface area (Å²) in [5, 5.41) is 15.9. The first-order valence-electron chi connectivity index (χ1n) is 9.41. The zero-order valence-electron chi connectivity index (χ0n) is 17.3. The second-order valence-corrected chi connectivity index (χ2v) is 6.95. The maximum absolute atomic E-state index is 11.9. The van der Waals surface area contributed by atoms with Gasteiger partial charge in [-0.1, -0.05) is 41.0 Å². The molecular weight excluding hydrogens is 481 g/mol. The Morgan fingerprint density at radius 1 is 1.21 bits per heavy atom. The van der Waals surface area contributed by atoms with Crippen molar-refractivity contribution < 1.29 is 32.2 Å². The number of para-hydroxylation sites is 1. The van der Waals surface area contributed by atoms with Crippen LogP contribution in [0, 0.1) is 0 Å². The quantitative estimate of drug-likeness (QED) is 0.393. The number of nitrogens with one attached hydrogen (secondary N) is 1. The molecular formula is C21H16ClF3N4O5. The smallest absolute Gasteiger partial charge is 0.475 e. The summed E-state index contributed by atoms with van der Waals surface area (Å²) in [5.74, 6) is -3.38. The van der Waals surface area contributed by atoms with Crippen LogP contribution < -0.4 is 15.8 Å². The molecule has 0 amide bonds. The summed E-state index contributed by atoms with van der Waals surface area (Å²) in [7, 11) is 1.38. The van der Waals surface area contributed by atoms with Crippen molar-refractivity contribution in [2.45, 2.75) is 12.7 Å². The number of anilines is 1. The van der Waals surface area contributed by atoms with Crippen LogP contribution in [0.3, 0.4) is 0 Å². The Bertz CT molecular complexity index is 1370. The molecule has 0 unspecified atom stereocenters. The average Bonchev–Trinajstić information content (AvgIpc) is 3.18. The van der Waals surface area contributed by atoms with Crippen LogP contribution in [0.2, 0.25) is 5.15 Å². The molecule has 0 saturated heterocycles. The number of fused-ring (bicyclic) bond motifs is 1. The van der Waals surface area contributed by atoms with Crippen molar-refractivity contribution in [1.82, 2.24) is 14.8 Å². The van der Waals surface area contributed by atoms with Gasteiger partial charge in [-0.05, 0) is 30.3 Å². The molecule has 0 saturated carbocycles. The summed E-state index contributed by atoms with van der Waals surface area (Å²) in [6.45, 7) is 0.483. The number of aromatic nitrogens is 3. The van der Waals surface area contributed by atoms with Crippen LogP contribution in [0.25, 0.3) is 16.6 Å². The molecule has 178 valence electrons. The van der Waals surface area contributed by atoms with Crippen LogP contribution in [0.4, 0.5) is 18.9 Å². The molecule has 2 aromatic heterocycles. The van der Waals surface area contributed by atoms with Crippen molar-refractivity contribution >= 4 is 34.2 Å². The number of ether oxygens (including phenoxy) is 1. The fraction of sp³-hybridized carbons (Fsp3) is 0.143. The van der Waals surface area contributed by atoms with Crippen LogP contribution in [0.15, 0.2) is 63.8 Å². The minimum absolute atomic E-state index is 0.0904. The van der Waals surface area contributed by atoms with E-state index in [0.717, 1.165) is 26.8 Å². The summed E-state index contributed by atoms with van der Waals surface area (Å²) >= 11 is 6.30. The summed E-state index contributed by atoms with van der Waals surface area (Å²) in [5.41, 5.74) is 3.08. The summed E-state index contributed by atoms with van der Waals surface area (Å²) in [6.07, 6.45) is -5.17. The van der Waals surface area contributed by atoms with Gasteiger partial charge < -0.3 is 19.6 Å². The molecule has 2 aromatic carbocycles. The number of nitrogens with zero attached hydrogens (tertiary/aromatic N) is 3. The summed E-state index contributed by atoms with van der Waals surface area (Å²) < 4.78 is 42.6. The SMILES string of the molecule is COc1nn(-c2cccc(NCc3cc4ccccc4nc3Cl)c2)c(=O)o1.O=C(O)C(F)(F)F. The van der Waals surface area contributed by atoms with E-state index in [4.69, 9.17) is 30.7 Å². The maximum atomic E-state index is 11.9. The second-order valence-electron chi connectivity index (χ2n) is 6.59. The Balaban J connectivity index is 0.000000406. The number of carboxylic acid groups (broad SMARTS) is 1. The lowest BCUT2D eigenvalue weighted by Gasteiger charge is -2.10. The highest BCUT2D eigenvalue weighted by Gasteiger charge is 2.38. The highest BCUT2D eigenvalue weighted by Crippen LogP contribution is 2.22. The van der Waals surface area contributed by atoms with E-state index in [-0.39, 0.29) is 6.08 Å². The Morgan fingerprint density at radius 3 is 2.56 bits per heavy atom. The predicted octanol–water partition coefficient (Wildman–Crippen LogP) is 4.28. The lowest BCUT2D eigenvalue weighted by molar-refractivity contribution is -0.192. The minimum atomic E-state index is -5.08. The molecule has 13 heteroatoms. The van der Waals surface area contributed by atoms with Gasteiger partial charge in [-0.15, -0.1) is 0 Å². The fourth-order valence-corrected chi connectivity index (χ4v) is 2.92. The van der Waals surface area contributed by atoms with Crippen LogP contribution in [-0.2, 0) is 11.3 Å². The minimum Gasteiger partial charge on any atom is -0.475 e. The van der Waals surface area contributed by atoms with E-state index < -0.39 is 17.9 Å². The summed E-state index contributed by atoms with van der Waals surface area (Å²) in [4.78, 5) is 25.2. The normalized spacial score (nSPS) is 11.0. The first-order valence-corrected chi connectivity index (χ1v) is 9.79. The maximum Gasteiger partial charge on any atom is 0.490 e. The van der Waals surface area contributed by atoms with E-state index in [1.165, 1.54) is 7.11 Å². The number of pyridine rings is 1. The third-order valence-electron chi connectivity index (χ3n) is 4.27. The Morgan fingerprint density at radius 2 is 1.91 bits per heavy atom. The molecule has 0 aliphatic carbocycles. The molecule has 0 atom stereocenters. The van der Waals surface area contributed by atoms with Gasteiger partial charge in [0.15, 0.2) is 0 Å². The zero-order valence-corrected chi connectivity index (χ0v) is 18.1. The standard InChI is InChI=1S/C19H15ClN4O3.C2HF3O2/c1-26-18-23-24(19(25)27-18)15-7-4-6-14(10-15)21-11-13-9-12-5-2-3-8-16(12)22-17(13)20;3-2(4,5)1(6)7/h2-10,21H,11H2,1H3;(H,6,7). The van der Waals surface area contributed by atoms with Gasteiger partial charge in [0.2, 0.25) is 0 Å². The third-order valence-corrected chi connectivity index (χ3v) is 4.60. The van der Waals surface area contributed by atoms with Crippen molar-refractivity contribution in [3.63, 3.8) is 0 Å². The molecule has 9 nitrogen and oxygen atoms in total. The lowest BCUT2D eigenvalue weighted by atomic mass is 10.1. The fourth-order valence-electron chi connectivity index (χ4n) is 2.71. The number of hydrogen-bond acceptors (Lipinski definition) is 7. The molecule has 0 aliphatic rings. The number of rotatable bonds is 5. The van der Waals surface area contributed by atoms with Gasteiger partial charge in [0.05, 0.1) is 18.3 Å². The van der Waals surface area contributed by atoms with Gasteiger partial charge in [0, 0.05) is 23.2 Å². The number of benzene rings is 2. The predicted molar refractivity (Wildman–Crippen MR) is 116 cm³/mol. The Hall–Kier alpha value is -4.06. The number of methoxy groups -OCH3 is 1. The molecule has 0 aliphatic heterocycles. The lowest BCUT2D eigenvalue weighted by Crippen LogP contribution is -2.21. The average molecular weight is 497 g/mol. The van der Waals surface area contributed by atoms with Crippen molar-refractivity contribution in [3.05, 3.63) is 75.9 Å². The zero-order chi connectivity index (χ0) is 24.9. The first-order chi connectivity index (χ1) is 16.1. The topological polar surface area (TPSA) is 119 Å². The van der Waals surface area contributed by atoms with Crippen molar-refractivity contribution in [1.29, 1.82) is 0 Å². The van der Waals surface area contributed by atoms with E-state index in [0.29, 0.717) is 17.4 Å². The van der Waals surface area contributed by atoms with Gasteiger partial charge in [0.25, 0.3) is 0 Å². The molecule has 0 bridgehead atoms. The van der Waals surface area contributed by atoms with Gasteiger partial charge in [-0.2, -0.15) is 17.9 Å². The second kappa shape index (κ2) is 10.3. The van der Waals surface area contributed by atoms with Crippen LogP contribution in [0.1, 0.15) is 5.56 Å².